The molecule has 0 heterocycles. The SMILES string of the molecule is N#Cc1cc(F)cc(CSc2ccccc2Br)c1. The van der Waals surface area contributed by atoms with Gasteiger partial charge in [0.15, 0.2) is 0 Å². The van der Waals surface area contributed by atoms with E-state index in [1.807, 2.05) is 30.3 Å². The standard InChI is InChI=1S/C14H9BrFNS/c15-13-3-1-2-4-14(13)18-9-11-5-10(8-17)6-12(16)7-11/h1-7H,9H2. The van der Waals surface area contributed by atoms with E-state index in [9.17, 15) is 4.39 Å². The molecule has 0 aromatic heterocycles. The topological polar surface area (TPSA) is 23.8 Å². The molecule has 2 aromatic rings. The van der Waals surface area contributed by atoms with Crippen LogP contribution in [0.15, 0.2) is 51.8 Å². The molecular formula is C14H9BrFNS. The second kappa shape index (κ2) is 6.03. The zero-order valence-corrected chi connectivity index (χ0v) is 11.8. The van der Waals surface area contributed by atoms with Crippen molar-refractivity contribution in [2.45, 2.75) is 10.6 Å². The fraction of sp³-hybridized carbons (Fsp3) is 0.0714. The van der Waals surface area contributed by atoms with Crippen LogP contribution in [0.25, 0.3) is 0 Å². The molecule has 0 bridgehead atoms. The van der Waals surface area contributed by atoms with Gasteiger partial charge in [0, 0.05) is 15.1 Å². The lowest BCUT2D eigenvalue weighted by Gasteiger charge is -2.05. The smallest absolute Gasteiger partial charge is 0.124 e. The maximum atomic E-state index is 13.3. The number of hydrogen-bond donors (Lipinski definition) is 0. The van der Waals surface area contributed by atoms with Crippen LogP contribution >= 0.6 is 27.7 Å². The number of hydrogen-bond acceptors (Lipinski definition) is 2. The average Bonchev–Trinajstić information content (AvgIpc) is 2.37. The number of benzene rings is 2. The van der Waals surface area contributed by atoms with Crippen LogP contribution < -0.4 is 0 Å². The van der Waals surface area contributed by atoms with Gasteiger partial charge in [-0.15, -0.1) is 11.8 Å². The molecule has 0 radical (unpaired) electrons. The Balaban J connectivity index is 2.14. The van der Waals surface area contributed by atoms with Crippen LogP contribution in [0, 0.1) is 17.1 Å². The van der Waals surface area contributed by atoms with Crippen molar-refractivity contribution >= 4 is 27.7 Å². The average molecular weight is 322 g/mol. The van der Waals surface area contributed by atoms with Crippen LogP contribution in [0.2, 0.25) is 0 Å². The molecule has 2 rings (SSSR count). The minimum absolute atomic E-state index is 0.359. The Labute approximate surface area is 118 Å². The van der Waals surface area contributed by atoms with Gasteiger partial charge in [-0.25, -0.2) is 4.39 Å². The summed E-state index contributed by atoms with van der Waals surface area (Å²) in [6, 6.07) is 14.3. The van der Waals surface area contributed by atoms with E-state index in [1.54, 1.807) is 17.8 Å². The van der Waals surface area contributed by atoms with Gasteiger partial charge < -0.3 is 0 Å². The number of nitrogens with zero attached hydrogens (tertiary/aromatic N) is 1. The molecule has 0 unspecified atom stereocenters. The Morgan fingerprint density at radius 3 is 2.72 bits per heavy atom. The molecule has 0 fully saturated rings. The highest BCUT2D eigenvalue weighted by atomic mass is 79.9. The third-order valence-electron chi connectivity index (χ3n) is 2.32. The lowest BCUT2D eigenvalue weighted by atomic mass is 10.1. The van der Waals surface area contributed by atoms with Crippen molar-refractivity contribution in [2.24, 2.45) is 0 Å². The Kier molecular flexibility index (Phi) is 4.40. The molecular weight excluding hydrogens is 313 g/mol. The highest BCUT2D eigenvalue weighted by Gasteiger charge is 2.03. The lowest BCUT2D eigenvalue weighted by Crippen LogP contribution is -1.87. The molecule has 0 aliphatic rings. The van der Waals surface area contributed by atoms with E-state index in [0.717, 1.165) is 14.9 Å². The quantitative estimate of drug-likeness (QED) is 0.761. The molecule has 18 heavy (non-hydrogen) atoms. The summed E-state index contributed by atoms with van der Waals surface area (Å²) in [6.45, 7) is 0. The van der Waals surface area contributed by atoms with Crippen molar-refractivity contribution < 1.29 is 4.39 Å². The third-order valence-corrected chi connectivity index (χ3v) is 4.42. The molecule has 4 heteroatoms. The summed E-state index contributed by atoms with van der Waals surface area (Å²) in [6.07, 6.45) is 0. The van der Waals surface area contributed by atoms with E-state index in [-0.39, 0.29) is 5.82 Å². The van der Waals surface area contributed by atoms with Crippen molar-refractivity contribution in [1.29, 1.82) is 5.26 Å². The Hall–Kier alpha value is -1.31. The van der Waals surface area contributed by atoms with Crippen molar-refractivity contribution in [3.05, 3.63) is 63.9 Å². The van der Waals surface area contributed by atoms with Gasteiger partial charge in [-0.1, -0.05) is 12.1 Å². The fourth-order valence-electron chi connectivity index (χ4n) is 1.52. The first-order chi connectivity index (χ1) is 8.69. The van der Waals surface area contributed by atoms with E-state index >= 15 is 0 Å². The van der Waals surface area contributed by atoms with Gasteiger partial charge in [0.05, 0.1) is 11.6 Å². The number of thioether (sulfide) groups is 1. The van der Waals surface area contributed by atoms with E-state index in [4.69, 9.17) is 5.26 Å². The zero-order valence-electron chi connectivity index (χ0n) is 9.36. The van der Waals surface area contributed by atoms with Gasteiger partial charge in [-0.05, 0) is 51.8 Å². The molecule has 1 nitrogen and oxygen atoms in total. The molecule has 0 saturated heterocycles. The first-order valence-electron chi connectivity index (χ1n) is 5.26. The molecule has 90 valence electrons. The predicted octanol–water partition coefficient (Wildman–Crippen LogP) is 4.75. The second-order valence-electron chi connectivity index (χ2n) is 3.68. The minimum atomic E-state index is -0.364. The molecule has 2 aromatic carbocycles. The maximum absolute atomic E-state index is 13.3. The van der Waals surface area contributed by atoms with Crippen LogP contribution in [-0.4, -0.2) is 0 Å². The van der Waals surface area contributed by atoms with E-state index in [1.165, 1.54) is 12.1 Å². The molecule has 0 spiro atoms. The normalized spacial score (nSPS) is 10.1. The Morgan fingerprint density at radius 1 is 1.22 bits per heavy atom. The predicted molar refractivity (Wildman–Crippen MR) is 74.8 cm³/mol. The summed E-state index contributed by atoms with van der Waals surface area (Å²) >= 11 is 5.07. The van der Waals surface area contributed by atoms with Crippen LogP contribution in [-0.2, 0) is 5.75 Å². The lowest BCUT2D eigenvalue weighted by molar-refractivity contribution is 0.626. The number of halogens is 2. The number of nitriles is 1. The summed E-state index contributed by atoms with van der Waals surface area (Å²) in [5, 5.41) is 8.78. The minimum Gasteiger partial charge on any atom is -0.207 e. The highest BCUT2D eigenvalue weighted by molar-refractivity contribution is 9.10. The largest absolute Gasteiger partial charge is 0.207 e. The summed E-state index contributed by atoms with van der Waals surface area (Å²) in [4.78, 5) is 1.10. The zero-order chi connectivity index (χ0) is 13.0. The van der Waals surface area contributed by atoms with Gasteiger partial charge in [0.2, 0.25) is 0 Å². The second-order valence-corrected chi connectivity index (χ2v) is 5.55. The van der Waals surface area contributed by atoms with Gasteiger partial charge in [-0.2, -0.15) is 5.26 Å². The van der Waals surface area contributed by atoms with Gasteiger partial charge in [-0.3, -0.25) is 0 Å². The van der Waals surface area contributed by atoms with E-state index in [0.29, 0.717) is 11.3 Å². The monoisotopic (exact) mass is 321 g/mol. The molecule has 0 amide bonds. The molecule has 0 aliphatic carbocycles. The Bertz CT molecular complexity index is 607. The fourth-order valence-corrected chi connectivity index (χ4v) is 3.02. The summed E-state index contributed by atoms with van der Waals surface area (Å²) in [5.41, 5.74) is 1.17. The molecule has 0 saturated carbocycles. The van der Waals surface area contributed by atoms with Crippen LogP contribution in [0.3, 0.4) is 0 Å². The van der Waals surface area contributed by atoms with Gasteiger partial charge >= 0.3 is 0 Å². The van der Waals surface area contributed by atoms with Crippen molar-refractivity contribution in [3.63, 3.8) is 0 Å². The van der Waals surface area contributed by atoms with Crippen LogP contribution in [0.1, 0.15) is 11.1 Å². The van der Waals surface area contributed by atoms with Crippen molar-refractivity contribution in [3.8, 4) is 6.07 Å². The van der Waals surface area contributed by atoms with Gasteiger partial charge in [0.25, 0.3) is 0 Å². The van der Waals surface area contributed by atoms with Crippen molar-refractivity contribution in [2.75, 3.05) is 0 Å². The maximum Gasteiger partial charge on any atom is 0.124 e. The number of rotatable bonds is 3. The first kappa shape index (κ1) is 13.1. The van der Waals surface area contributed by atoms with Gasteiger partial charge in [0.1, 0.15) is 5.82 Å². The molecule has 0 atom stereocenters. The molecule has 0 aliphatic heterocycles. The highest BCUT2D eigenvalue weighted by Crippen LogP contribution is 2.30. The third kappa shape index (κ3) is 3.34. The van der Waals surface area contributed by atoms with Crippen molar-refractivity contribution in [1.82, 2.24) is 0 Å². The van der Waals surface area contributed by atoms with Crippen LogP contribution in [0.4, 0.5) is 4.39 Å². The molecule has 0 N–H and O–H groups in total. The summed E-state index contributed by atoms with van der Waals surface area (Å²) in [5.74, 6) is 0.270. The van der Waals surface area contributed by atoms with E-state index < -0.39 is 0 Å². The Morgan fingerprint density at radius 2 is 2.00 bits per heavy atom. The van der Waals surface area contributed by atoms with E-state index in [2.05, 4.69) is 15.9 Å². The summed E-state index contributed by atoms with van der Waals surface area (Å²) in [7, 11) is 0. The van der Waals surface area contributed by atoms with Crippen LogP contribution in [0.5, 0.6) is 0 Å². The first-order valence-corrected chi connectivity index (χ1v) is 7.04. The summed E-state index contributed by atoms with van der Waals surface area (Å²) < 4.78 is 14.3.